The van der Waals surface area contributed by atoms with Crippen molar-refractivity contribution in [2.24, 2.45) is 7.05 Å². The van der Waals surface area contributed by atoms with Crippen LogP contribution in [-0.4, -0.2) is 36.2 Å². The molecule has 0 radical (unpaired) electrons. The fraction of sp³-hybridized carbons (Fsp3) is 0.269. The lowest BCUT2D eigenvalue weighted by atomic mass is 9.89. The molecule has 4 aromatic rings. The standard InChI is InChI=1S/C26H27N7O2/c1-26(2)14-21(19-9-4-5-10-22(19)35-26)30-25(34)17-7-6-8-18(13-17)28-15-23-31-32-24(33(23)3)20-11-12-27-16-29-20/h4-13,16,21,28H,14-15H2,1-3H3,(H,30,34)/t21-/m1/s1. The third-order valence-corrected chi connectivity index (χ3v) is 6.03. The van der Waals surface area contributed by atoms with Crippen LogP contribution in [0, 0.1) is 0 Å². The van der Waals surface area contributed by atoms with Gasteiger partial charge in [0, 0.05) is 36.5 Å². The number of para-hydroxylation sites is 1. The van der Waals surface area contributed by atoms with E-state index in [9.17, 15) is 4.79 Å². The molecule has 1 aliphatic heterocycles. The number of carbonyl (C=O) groups excluding carboxylic acids is 1. The summed E-state index contributed by atoms with van der Waals surface area (Å²) in [5.74, 6) is 2.09. The van der Waals surface area contributed by atoms with Gasteiger partial charge in [-0.15, -0.1) is 10.2 Å². The van der Waals surface area contributed by atoms with Gasteiger partial charge in [-0.05, 0) is 44.2 Å². The second-order valence-corrected chi connectivity index (χ2v) is 9.16. The predicted molar refractivity (Wildman–Crippen MR) is 132 cm³/mol. The van der Waals surface area contributed by atoms with Crippen molar-refractivity contribution < 1.29 is 9.53 Å². The van der Waals surface area contributed by atoms with E-state index in [1.54, 1.807) is 12.3 Å². The van der Waals surface area contributed by atoms with Gasteiger partial charge in [0.05, 0.1) is 12.6 Å². The van der Waals surface area contributed by atoms with Crippen LogP contribution < -0.4 is 15.4 Å². The lowest BCUT2D eigenvalue weighted by Gasteiger charge is -2.37. The van der Waals surface area contributed by atoms with E-state index in [0.717, 1.165) is 22.8 Å². The fourth-order valence-electron chi connectivity index (χ4n) is 4.29. The molecular formula is C26H27N7O2. The molecular weight excluding hydrogens is 442 g/mol. The number of nitrogens with zero attached hydrogens (tertiary/aromatic N) is 5. The average Bonchev–Trinajstić information content (AvgIpc) is 3.23. The Morgan fingerprint density at radius 2 is 2.00 bits per heavy atom. The number of fused-ring (bicyclic) bond motifs is 1. The number of benzene rings is 2. The van der Waals surface area contributed by atoms with Gasteiger partial charge in [-0.3, -0.25) is 4.79 Å². The van der Waals surface area contributed by atoms with Crippen LogP contribution in [-0.2, 0) is 13.6 Å². The molecule has 3 heterocycles. The first-order valence-electron chi connectivity index (χ1n) is 11.5. The molecule has 0 saturated heterocycles. The molecule has 1 amide bonds. The molecule has 178 valence electrons. The minimum absolute atomic E-state index is 0.127. The highest BCUT2D eigenvalue weighted by Crippen LogP contribution is 2.39. The smallest absolute Gasteiger partial charge is 0.251 e. The third-order valence-electron chi connectivity index (χ3n) is 6.03. The van der Waals surface area contributed by atoms with Crippen molar-refractivity contribution in [3.8, 4) is 17.3 Å². The summed E-state index contributed by atoms with van der Waals surface area (Å²) in [6, 6.07) is 17.0. The van der Waals surface area contributed by atoms with Crippen molar-refractivity contribution in [3.05, 3.63) is 84.1 Å². The van der Waals surface area contributed by atoms with Crippen molar-refractivity contribution >= 4 is 11.6 Å². The molecule has 0 unspecified atom stereocenters. The summed E-state index contributed by atoms with van der Waals surface area (Å²) < 4.78 is 7.97. The van der Waals surface area contributed by atoms with E-state index in [0.29, 0.717) is 30.0 Å². The summed E-state index contributed by atoms with van der Waals surface area (Å²) in [4.78, 5) is 21.3. The van der Waals surface area contributed by atoms with E-state index in [1.807, 2.05) is 74.0 Å². The van der Waals surface area contributed by atoms with Crippen LogP contribution in [0.5, 0.6) is 5.75 Å². The Bertz CT molecular complexity index is 1350. The zero-order valence-corrected chi connectivity index (χ0v) is 19.9. The third kappa shape index (κ3) is 4.84. The quantitative estimate of drug-likeness (QED) is 0.441. The zero-order valence-electron chi connectivity index (χ0n) is 19.9. The zero-order chi connectivity index (χ0) is 24.4. The Hall–Kier alpha value is -4.27. The van der Waals surface area contributed by atoms with Gasteiger partial charge in [0.15, 0.2) is 11.6 Å². The van der Waals surface area contributed by atoms with Gasteiger partial charge >= 0.3 is 0 Å². The number of aromatic nitrogens is 5. The highest BCUT2D eigenvalue weighted by Gasteiger charge is 2.34. The van der Waals surface area contributed by atoms with Crippen molar-refractivity contribution in [2.45, 2.75) is 38.5 Å². The maximum atomic E-state index is 13.2. The number of amides is 1. The lowest BCUT2D eigenvalue weighted by Crippen LogP contribution is -2.41. The van der Waals surface area contributed by atoms with Crippen LogP contribution in [0.15, 0.2) is 67.1 Å². The highest BCUT2D eigenvalue weighted by atomic mass is 16.5. The summed E-state index contributed by atoms with van der Waals surface area (Å²) >= 11 is 0. The molecule has 0 aliphatic carbocycles. The van der Waals surface area contributed by atoms with Crippen molar-refractivity contribution in [2.75, 3.05) is 5.32 Å². The first-order valence-corrected chi connectivity index (χ1v) is 11.5. The number of ether oxygens (including phenoxy) is 1. The van der Waals surface area contributed by atoms with Crippen LogP contribution >= 0.6 is 0 Å². The minimum Gasteiger partial charge on any atom is -0.487 e. The van der Waals surface area contributed by atoms with Crippen LogP contribution in [0.3, 0.4) is 0 Å². The predicted octanol–water partition coefficient (Wildman–Crippen LogP) is 3.92. The summed E-state index contributed by atoms with van der Waals surface area (Å²) in [6.07, 6.45) is 3.85. The SMILES string of the molecule is Cn1c(CNc2cccc(C(=O)N[C@@H]3CC(C)(C)Oc4ccccc43)c2)nnc1-c1ccncn1. The van der Waals surface area contributed by atoms with Crippen molar-refractivity contribution in [1.29, 1.82) is 0 Å². The lowest BCUT2D eigenvalue weighted by molar-refractivity contribution is 0.0619. The number of hydrogen-bond acceptors (Lipinski definition) is 7. The summed E-state index contributed by atoms with van der Waals surface area (Å²) in [7, 11) is 1.89. The minimum atomic E-state index is -0.365. The molecule has 5 rings (SSSR count). The number of nitrogens with one attached hydrogen (secondary N) is 2. The summed E-state index contributed by atoms with van der Waals surface area (Å²) in [5, 5.41) is 15.1. The maximum absolute atomic E-state index is 13.2. The first kappa shape index (κ1) is 22.5. The fourth-order valence-corrected chi connectivity index (χ4v) is 4.29. The van der Waals surface area contributed by atoms with E-state index in [-0.39, 0.29) is 17.6 Å². The van der Waals surface area contributed by atoms with Gasteiger partial charge in [-0.25, -0.2) is 9.97 Å². The van der Waals surface area contributed by atoms with Gasteiger partial charge in [0.1, 0.15) is 23.4 Å². The molecule has 1 atom stereocenters. The Morgan fingerprint density at radius 3 is 2.83 bits per heavy atom. The number of rotatable bonds is 6. The number of carbonyl (C=O) groups is 1. The second kappa shape index (κ2) is 9.17. The van der Waals surface area contributed by atoms with E-state index < -0.39 is 0 Å². The summed E-state index contributed by atoms with van der Waals surface area (Å²) in [6.45, 7) is 4.52. The van der Waals surface area contributed by atoms with Crippen LogP contribution in [0.25, 0.3) is 11.5 Å². The Labute approximate surface area is 203 Å². The molecule has 2 N–H and O–H groups in total. The monoisotopic (exact) mass is 469 g/mol. The van der Waals surface area contributed by atoms with E-state index in [2.05, 4.69) is 30.8 Å². The molecule has 0 spiro atoms. The van der Waals surface area contributed by atoms with Gasteiger partial charge in [0.25, 0.3) is 5.91 Å². The molecule has 2 aromatic carbocycles. The van der Waals surface area contributed by atoms with Crippen molar-refractivity contribution in [1.82, 2.24) is 30.0 Å². The van der Waals surface area contributed by atoms with E-state index in [1.165, 1.54) is 6.33 Å². The normalized spacial score (nSPS) is 16.1. The Kier molecular flexibility index (Phi) is 5.90. The molecule has 0 fully saturated rings. The van der Waals surface area contributed by atoms with Crippen LogP contribution in [0.1, 0.15) is 48.1 Å². The van der Waals surface area contributed by atoms with E-state index >= 15 is 0 Å². The number of hydrogen-bond donors (Lipinski definition) is 2. The number of anilines is 1. The van der Waals surface area contributed by atoms with Gasteiger partial charge in [0.2, 0.25) is 0 Å². The molecule has 9 nitrogen and oxygen atoms in total. The molecule has 1 aliphatic rings. The molecule has 2 aromatic heterocycles. The molecule has 0 bridgehead atoms. The van der Waals surface area contributed by atoms with Gasteiger partial charge in [-0.2, -0.15) is 0 Å². The Balaban J connectivity index is 1.28. The molecule has 9 heteroatoms. The van der Waals surface area contributed by atoms with E-state index in [4.69, 9.17) is 4.74 Å². The van der Waals surface area contributed by atoms with Crippen molar-refractivity contribution in [3.63, 3.8) is 0 Å². The van der Waals surface area contributed by atoms with Crippen LogP contribution in [0.4, 0.5) is 5.69 Å². The second-order valence-electron chi connectivity index (χ2n) is 9.16. The molecule has 0 saturated carbocycles. The topological polar surface area (TPSA) is 107 Å². The van der Waals surface area contributed by atoms with Gasteiger partial charge in [-0.1, -0.05) is 24.3 Å². The largest absolute Gasteiger partial charge is 0.487 e. The molecule has 35 heavy (non-hydrogen) atoms. The maximum Gasteiger partial charge on any atom is 0.251 e. The first-order chi connectivity index (χ1) is 16.9. The highest BCUT2D eigenvalue weighted by molar-refractivity contribution is 5.95. The summed E-state index contributed by atoms with van der Waals surface area (Å²) in [5.41, 5.74) is 2.73. The van der Waals surface area contributed by atoms with Crippen LogP contribution in [0.2, 0.25) is 0 Å². The average molecular weight is 470 g/mol. The van der Waals surface area contributed by atoms with Gasteiger partial charge < -0.3 is 19.9 Å². The Morgan fingerprint density at radius 1 is 1.14 bits per heavy atom.